The molecule has 1 amide bonds. The average molecular weight is 332 g/mol. The van der Waals surface area contributed by atoms with E-state index in [4.69, 9.17) is 0 Å². The Kier molecular flexibility index (Phi) is 3.79. The zero-order valence-corrected chi connectivity index (χ0v) is 12.9. The van der Waals surface area contributed by atoms with Gasteiger partial charge >= 0.3 is 0 Å². The standard InChI is InChI=1S/C17H18BrNO/c18-11-17(8-9-17)12-19-16(20)10-14-6-3-5-13-4-1-2-7-15(13)14/h1-7H,8-12H2,(H,19,20). The maximum atomic E-state index is 12.1. The molecule has 0 spiro atoms. The Labute approximate surface area is 127 Å². The van der Waals surface area contributed by atoms with Crippen LogP contribution < -0.4 is 5.32 Å². The molecule has 3 heteroatoms. The Morgan fingerprint density at radius 1 is 1.15 bits per heavy atom. The Balaban J connectivity index is 1.68. The van der Waals surface area contributed by atoms with E-state index in [1.54, 1.807) is 0 Å². The first-order chi connectivity index (χ1) is 9.72. The van der Waals surface area contributed by atoms with Gasteiger partial charge in [-0.25, -0.2) is 0 Å². The summed E-state index contributed by atoms with van der Waals surface area (Å²) in [5.41, 5.74) is 1.43. The maximum Gasteiger partial charge on any atom is 0.224 e. The predicted octanol–water partition coefficient (Wildman–Crippen LogP) is 3.67. The molecule has 2 nitrogen and oxygen atoms in total. The number of amides is 1. The van der Waals surface area contributed by atoms with Crippen molar-refractivity contribution < 1.29 is 4.79 Å². The second kappa shape index (κ2) is 5.57. The highest BCUT2D eigenvalue weighted by molar-refractivity contribution is 9.09. The van der Waals surface area contributed by atoms with Crippen molar-refractivity contribution in [3.63, 3.8) is 0 Å². The van der Waals surface area contributed by atoms with Crippen LogP contribution in [0.4, 0.5) is 0 Å². The highest BCUT2D eigenvalue weighted by Gasteiger charge is 2.41. The summed E-state index contributed by atoms with van der Waals surface area (Å²) in [6, 6.07) is 14.4. The van der Waals surface area contributed by atoms with Gasteiger partial charge in [-0.2, -0.15) is 0 Å². The Morgan fingerprint density at radius 3 is 2.65 bits per heavy atom. The molecule has 0 aliphatic heterocycles. The zero-order chi connectivity index (χ0) is 14.0. The summed E-state index contributed by atoms with van der Waals surface area (Å²) >= 11 is 3.53. The van der Waals surface area contributed by atoms with E-state index in [2.05, 4.69) is 39.4 Å². The van der Waals surface area contributed by atoms with Gasteiger partial charge in [0, 0.05) is 11.9 Å². The van der Waals surface area contributed by atoms with E-state index in [9.17, 15) is 4.79 Å². The van der Waals surface area contributed by atoms with E-state index in [-0.39, 0.29) is 5.91 Å². The van der Waals surface area contributed by atoms with Crippen molar-refractivity contribution in [2.45, 2.75) is 19.3 Å². The summed E-state index contributed by atoms with van der Waals surface area (Å²) < 4.78 is 0. The van der Waals surface area contributed by atoms with Gasteiger partial charge in [0.2, 0.25) is 5.91 Å². The first-order valence-corrected chi connectivity index (χ1v) is 8.14. The summed E-state index contributed by atoms with van der Waals surface area (Å²) in [7, 11) is 0. The predicted molar refractivity (Wildman–Crippen MR) is 86.1 cm³/mol. The minimum Gasteiger partial charge on any atom is -0.355 e. The fraction of sp³-hybridized carbons (Fsp3) is 0.353. The summed E-state index contributed by atoms with van der Waals surface area (Å²) in [6.07, 6.45) is 2.89. The largest absolute Gasteiger partial charge is 0.355 e. The van der Waals surface area contributed by atoms with Gasteiger partial charge in [0.1, 0.15) is 0 Å². The first kappa shape index (κ1) is 13.6. The van der Waals surface area contributed by atoms with Gasteiger partial charge < -0.3 is 5.32 Å². The quantitative estimate of drug-likeness (QED) is 0.832. The van der Waals surface area contributed by atoms with Crippen molar-refractivity contribution >= 4 is 32.6 Å². The normalized spacial score (nSPS) is 16.1. The van der Waals surface area contributed by atoms with Crippen LogP contribution in [0.2, 0.25) is 0 Å². The number of fused-ring (bicyclic) bond motifs is 1. The third-order valence-electron chi connectivity index (χ3n) is 4.13. The van der Waals surface area contributed by atoms with E-state index in [1.165, 1.54) is 23.6 Å². The number of halogens is 1. The van der Waals surface area contributed by atoms with Crippen molar-refractivity contribution in [1.29, 1.82) is 0 Å². The highest BCUT2D eigenvalue weighted by atomic mass is 79.9. The molecule has 2 aromatic rings. The number of carbonyl (C=O) groups excluding carboxylic acids is 1. The number of nitrogens with one attached hydrogen (secondary N) is 1. The van der Waals surface area contributed by atoms with Gasteiger partial charge in [0.05, 0.1) is 6.42 Å². The number of carbonyl (C=O) groups is 1. The molecule has 1 aliphatic carbocycles. The van der Waals surface area contributed by atoms with Crippen LogP contribution in [0, 0.1) is 5.41 Å². The molecule has 0 saturated heterocycles. The van der Waals surface area contributed by atoms with Crippen LogP contribution in [0.3, 0.4) is 0 Å². The Morgan fingerprint density at radius 2 is 1.90 bits per heavy atom. The number of benzene rings is 2. The van der Waals surface area contributed by atoms with Crippen molar-refractivity contribution in [1.82, 2.24) is 5.32 Å². The van der Waals surface area contributed by atoms with Crippen molar-refractivity contribution in [3.8, 4) is 0 Å². The molecule has 1 aliphatic rings. The monoisotopic (exact) mass is 331 g/mol. The van der Waals surface area contributed by atoms with E-state index in [0.717, 1.165) is 17.4 Å². The minimum absolute atomic E-state index is 0.119. The minimum atomic E-state index is 0.119. The van der Waals surface area contributed by atoms with Crippen LogP contribution in [-0.4, -0.2) is 17.8 Å². The third-order valence-corrected chi connectivity index (χ3v) is 5.32. The summed E-state index contributed by atoms with van der Waals surface area (Å²) in [5, 5.41) is 6.43. The lowest BCUT2D eigenvalue weighted by atomic mass is 10.0. The van der Waals surface area contributed by atoms with Gasteiger partial charge in [-0.15, -0.1) is 0 Å². The second-order valence-electron chi connectivity index (χ2n) is 5.73. The van der Waals surface area contributed by atoms with Crippen LogP contribution in [-0.2, 0) is 11.2 Å². The fourth-order valence-corrected chi connectivity index (χ4v) is 3.26. The Hall–Kier alpha value is -1.35. The van der Waals surface area contributed by atoms with E-state index >= 15 is 0 Å². The second-order valence-corrected chi connectivity index (χ2v) is 6.29. The molecule has 1 saturated carbocycles. The SMILES string of the molecule is O=C(Cc1cccc2ccccc12)NCC1(CBr)CC1. The van der Waals surface area contributed by atoms with Crippen LogP contribution in [0.5, 0.6) is 0 Å². The molecule has 1 N–H and O–H groups in total. The lowest BCUT2D eigenvalue weighted by Crippen LogP contribution is -2.32. The van der Waals surface area contributed by atoms with Gasteiger partial charge in [-0.3, -0.25) is 4.79 Å². The summed E-state index contributed by atoms with van der Waals surface area (Å²) in [5.74, 6) is 0.119. The molecule has 3 rings (SSSR count). The van der Waals surface area contributed by atoms with Crippen LogP contribution in [0.1, 0.15) is 18.4 Å². The third kappa shape index (κ3) is 2.88. The molecule has 2 aromatic carbocycles. The maximum absolute atomic E-state index is 12.1. The summed E-state index contributed by atoms with van der Waals surface area (Å²) in [4.78, 5) is 12.1. The number of alkyl halides is 1. The molecule has 0 heterocycles. The molecule has 0 aromatic heterocycles. The zero-order valence-electron chi connectivity index (χ0n) is 11.4. The van der Waals surface area contributed by atoms with Crippen LogP contribution in [0.25, 0.3) is 10.8 Å². The first-order valence-electron chi connectivity index (χ1n) is 7.02. The lowest BCUT2D eigenvalue weighted by molar-refractivity contribution is -0.120. The average Bonchev–Trinajstić information content (AvgIpc) is 3.26. The Bertz CT molecular complexity index is 628. The van der Waals surface area contributed by atoms with E-state index < -0.39 is 0 Å². The molecular formula is C17H18BrNO. The van der Waals surface area contributed by atoms with Gasteiger partial charge in [-0.1, -0.05) is 58.4 Å². The van der Waals surface area contributed by atoms with Crippen LogP contribution in [0.15, 0.2) is 42.5 Å². The topological polar surface area (TPSA) is 29.1 Å². The molecule has 0 unspecified atom stereocenters. The molecule has 104 valence electrons. The highest BCUT2D eigenvalue weighted by Crippen LogP contribution is 2.46. The van der Waals surface area contributed by atoms with Gasteiger partial charge in [0.25, 0.3) is 0 Å². The lowest BCUT2D eigenvalue weighted by Gasteiger charge is -2.13. The fourth-order valence-electron chi connectivity index (χ4n) is 2.50. The number of hydrogen-bond acceptors (Lipinski definition) is 1. The van der Waals surface area contributed by atoms with Gasteiger partial charge in [-0.05, 0) is 34.6 Å². The van der Waals surface area contributed by atoms with Crippen molar-refractivity contribution in [3.05, 3.63) is 48.0 Å². The van der Waals surface area contributed by atoms with Gasteiger partial charge in [0.15, 0.2) is 0 Å². The van der Waals surface area contributed by atoms with Crippen molar-refractivity contribution in [2.75, 3.05) is 11.9 Å². The molecule has 0 bridgehead atoms. The molecule has 0 atom stereocenters. The molecule has 20 heavy (non-hydrogen) atoms. The van der Waals surface area contributed by atoms with Crippen LogP contribution >= 0.6 is 15.9 Å². The van der Waals surface area contributed by atoms with E-state index in [0.29, 0.717) is 11.8 Å². The number of hydrogen-bond donors (Lipinski definition) is 1. The number of rotatable bonds is 5. The molecule has 1 fully saturated rings. The van der Waals surface area contributed by atoms with E-state index in [1.807, 2.05) is 24.3 Å². The molecular weight excluding hydrogens is 314 g/mol. The molecule has 0 radical (unpaired) electrons. The summed E-state index contributed by atoms with van der Waals surface area (Å²) in [6.45, 7) is 0.794. The van der Waals surface area contributed by atoms with Crippen molar-refractivity contribution in [2.24, 2.45) is 5.41 Å². The smallest absolute Gasteiger partial charge is 0.224 e.